The monoisotopic (exact) mass is 221 g/mol. The molecule has 0 amide bonds. The molecule has 0 bridgehead atoms. The number of rotatable bonds is 3. The minimum absolute atomic E-state index is 0.357. The average Bonchev–Trinajstić information content (AvgIpc) is 2.58. The number of ether oxygens (including phenoxy) is 1. The number of hydrogen-bond donors (Lipinski definition) is 2. The van der Waals surface area contributed by atoms with Gasteiger partial charge < -0.3 is 10.2 Å². The number of nitrogens with two attached hydrogens (primary N) is 1. The van der Waals surface area contributed by atoms with Crippen molar-refractivity contribution in [3.8, 4) is 5.75 Å². The number of nitrogens with one attached hydrogen (secondary N) is 1. The summed E-state index contributed by atoms with van der Waals surface area (Å²) >= 11 is 0. The zero-order valence-corrected chi connectivity index (χ0v) is 9.48. The lowest BCUT2D eigenvalue weighted by atomic mass is 10.1. The van der Waals surface area contributed by atoms with E-state index in [0.29, 0.717) is 11.9 Å². The van der Waals surface area contributed by atoms with Gasteiger partial charge >= 0.3 is 0 Å². The van der Waals surface area contributed by atoms with E-state index in [1.165, 1.54) is 25.7 Å². The van der Waals surface area contributed by atoms with Gasteiger partial charge in [-0.15, -0.1) is 0 Å². The number of aromatic nitrogens is 1. The summed E-state index contributed by atoms with van der Waals surface area (Å²) in [5.74, 6) is 6.81. The maximum atomic E-state index is 5.94. The zero-order valence-electron chi connectivity index (χ0n) is 9.48. The van der Waals surface area contributed by atoms with Gasteiger partial charge in [-0.25, -0.2) is 10.8 Å². The molecule has 0 radical (unpaired) electrons. The molecular formula is C12H19N3O. The first-order valence-electron chi connectivity index (χ1n) is 5.98. The third-order valence-corrected chi connectivity index (χ3v) is 2.98. The quantitative estimate of drug-likeness (QED) is 0.467. The summed E-state index contributed by atoms with van der Waals surface area (Å²) in [6.45, 7) is 0. The lowest BCUT2D eigenvalue weighted by Gasteiger charge is -2.17. The van der Waals surface area contributed by atoms with Crippen molar-refractivity contribution in [2.45, 2.75) is 44.6 Å². The van der Waals surface area contributed by atoms with Crippen LogP contribution in [0, 0.1) is 0 Å². The zero-order chi connectivity index (χ0) is 11.2. The van der Waals surface area contributed by atoms with E-state index in [9.17, 15) is 0 Å². The summed E-state index contributed by atoms with van der Waals surface area (Å²) in [7, 11) is 0. The molecule has 0 aliphatic heterocycles. The third-order valence-electron chi connectivity index (χ3n) is 2.98. The molecule has 2 rings (SSSR count). The van der Waals surface area contributed by atoms with E-state index < -0.39 is 0 Å². The highest BCUT2D eigenvalue weighted by Crippen LogP contribution is 2.23. The van der Waals surface area contributed by atoms with Crippen LogP contribution in [0.5, 0.6) is 5.75 Å². The summed E-state index contributed by atoms with van der Waals surface area (Å²) in [5.41, 5.74) is 2.53. The predicted molar refractivity (Wildman–Crippen MR) is 64.2 cm³/mol. The van der Waals surface area contributed by atoms with Gasteiger partial charge in [-0.2, -0.15) is 0 Å². The molecule has 1 aromatic heterocycles. The SMILES string of the molecule is NNc1cc(OC2CCCCCC2)ccn1. The molecule has 1 aliphatic carbocycles. The second-order valence-electron chi connectivity index (χ2n) is 4.25. The van der Waals surface area contributed by atoms with Gasteiger partial charge in [0, 0.05) is 12.3 Å². The predicted octanol–water partition coefficient (Wildman–Crippen LogP) is 2.47. The molecular weight excluding hydrogens is 202 g/mol. The highest BCUT2D eigenvalue weighted by molar-refractivity contribution is 5.39. The molecule has 0 saturated heterocycles. The molecule has 88 valence electrons. The fourth-order valence-electron chi connectivity index (χ4n) is 2.12. The van der Waals surface area contributed by atoms with Crippen molar-refractivity contribution in [1.82, 2.24) is 4.98 Å². The van der Waals surface area contributed by atoms with Crippen LogP contribution in [-0.4, -0.2) is 11.1 Å². The van der Waals surface area contributed by atoms with Gasteiger partial charge in [0.15, 0.2) is 0 Å². The largest absolute Gasteiger partial charge is 0.490 e. The van der Waals surface area contributed by atoms with E-state index >= 15 is 0 Å². The average molecular weight is 221 g/mol. The van der Waals surface area contributed by atoms with Crippen molar-refractivity contribution >= 4 is 5.82 Å². The number of hydrazine groups is 1. The molecule has 16 heavy (non-hydrogen) atoms. The Morgan fingerprint density at radius 1 is 1.25 bits per heavy atom. The topological polar surface area (TPSA) is 60.2 Å². The van der Waals surface area contributed by atoms with Gasteiger partial charge in [0.2, 0.25) is 0 Å². The van der Waals surface area contributed by atoms with Gasteiger partial charge in [0.1, 0.15) is 11.6 Å². The molecule has 0 atom stereocenters. The Kier molecular flexibility index (Phi) is 3.99. The second-order valence-corrected chi connectivity index (χ2v) is 4.25. The molecule has 0 unspecified atom stereocenters. The summed E-state index contributed by atoms with van der Waals surface area (Å²) in [6, 6.07) is 3.72. The Labute approximate surface area is 96.2 Å². The highest BCUT2D eigenvalue weighted by Gasteiger charge is 2.13. The third kappa shape index (κ3) is 3.10. The van der Waals surface area contributed by atoms with Crippen molar-refractivity contribution in [2.75, 3.05) is 5.43 Å². The van der Waals surface area contributed by atoms with Crippen molar-refractivity contribution in [3.05, 3.63) is 18.3 Å². The van der Waals surface area contributed by atoms with Crippen LogP contribution in [0.1, 0.15) is 38.5 Å². The molecule has 1 fully saturated rings. The lowest BCUT2D eigenvalue weighted by molar-refractivity contribution is 0.183. The number of pyridine rings is 1. The van der Waals surface area contributed by atoms with Gasteiger partial charge in [0.05, 0.1) is 6.10 Å². The fourth-order valence-corrected chi connectivity index (χ4v) is 2.12. The Morgan fingerprint density at radius 3 is 2.69 bits per heavy atom. The molecule has 0 aromatic carbocycles. The van der Waals surface area contributed by atoms with Crippen LogP contribution in [0.25, 0.3) is 0 Å². The van der Waals surface area contributed by atoms with Gasteiger partial charge in [-0.3, -0.25) is 0 Å². The maximum Gasteiger partial charge on any atom is 0.143 e. The van der Waals surface area contributed by atoms with Gasteiger partial charge in [0.25, 0.3) is 0 Å². The normalized spacial score (nSPS) is 17.8. The standard InChI is InChI=1S/C12H19N3O/c13-15-12-9-11(7-8-14-12)16-10-5-3-1-2-4-6-10/h7-10H,1-6,13H2,(H,14,15). The molecule has 1 saturated carbocycles. The van der Waals surface area contributed by atoms with E-state index in [0.717, 1.165) is 18.6 Å². The van der Waals surface area contributed by atoms with Crippen molar-refractivity contribution in [3.63, 3.8) is 0 Å². The summed E-state index contributed by atoms with van der Waals surface area (Å²) in [5, 5.41) is 0. The smallest absolute Gasteiger partial charge is 0.143 e. The van der Waals surface area contributed by atoms with Crippen LogP contribution < -0.4 is 16.0 Å². The molecule has 0 spiro atoms. The number of nitrogen functional groups attached to an aromatic ring is 1. The number of hydrogen-bond acceptors (Lipinski definition) is 4. The Hall–Kier alpha value is -1.29. The number of nitrogens with zero attached hydrogens (tertiary/aromatic N) is 1. The molecule has 3 N–H and O–H groups in total. The summed E-state index contributed by atoms with van der Waals surface area (Å²) in [6.07, 6.45) is 9.62. The molecule has 4 heteroatoms. The van der Waals surface area contributed by atoms with Crippen LogP contribution in [0.3, 0.4) is 0 Å². The van der Waals surface area contributed by atoms with E-state index in [1.54, 1.807) is 6.20 Å². The Balaban J connectivity index is 1.96. The maximum absolute atomic E-state index is 5.94. The van der Waals surface area contributed by atoms with Gasteiger partial charge in [-0.1, -0.05) is 12.8 Å². The molecule has 1 heterocycles. The van der Waals surface area contributed by atoms with Crippen LogP contribution in [0.2, 0.25) is 0 Å². The van der Waals surface area contributed by atoms with Crippen molar-refractivity contribution in [1.29, 1.82) is 0 Å². The minimum atomic E-state index is 0.357. The molecule has 1 aliphatic rings. The van der Waals surface area contributed by atoms with Crippen LogP contribution >= 0.6 is 0 Å². The van der Waals surface area contributed by atoms with Crippen molar-refractivity contribution in [2.24, 2.45) is 5.84 Å². The number of anilines is 1. The Bertz CT molecular complexity index is 322. The second kappa shape index (κ2) is 5.70. The summed E-state index contributed by atoms with van der Waals surface area (Å²) in [4.78, 5) is 4.05. The van der Waals surface area contributed by atoms with Crippen LogP contribution in [-0.2, 0) is 0 Å². The fraction of sp³-hybridized carbons (Fsp3) is 0.583. The Morgan fingerprint density at radius 2 is 2.00 bits per heavy atom. The first-order chi connectivity index (χ1) is 7.88. The first-order valence-corrected chi connectivity index (χ1v) is 5.98. The minimum Gasteiger partial charge on any atom is -0.490 e. The lowest BCUT2D eigenvalue weighted by Crippen LogP contribution is -2.15. The van der Waals surface area contributed by atoms with E-state index in [4.69, 9.17) is 10.6 Å². The molecule has 4 nitrogen and oxygen atoms in total. The van der Waals surface area contributed by atoms with Crippen LogP contribution in [0.4, 0.5) is 5.82 Å². The van der Waals surface area contributed by atoms with Crippen molar-refractivity contribution < 1.29 is 4.74 Å². The van der Waals surface area contributed by atoms with E-state index in [2.05, 4.69) is 10.4 Å². The van der Waals surface area contributed by atoms with E-state index in [-0.39, 0.29) is 0 Å². The first kappa shape index (κ1) is 11.2. The van der Waals surface area contributed by atoms with Gasteiger partial charge in [-0.05, 0) is 31.7 Å². The molecule has 1 aromatic rings. The summed E-state index contributed by atoms with van der Waals surface area (Å²) < 4.78 is 5.94. The van der Waals surface area contributed by atoms with Crippen LogP contribution in [0.15, 0.2) is 18.3 Å². The highest BCUT2D eigenvalue weighted by atomic mass is 16.5. The van der Waals surface area contributed by atoms with E-state index in [1.807, 2.05) is 12.1 Å².